The Kier molecular flexibility index (Phi) is 5.26. The fourth-order valence-corrected chi connectivity index (χ4v) is 2.98. The molecule has 2 N–H and O–H groups in total. The van der Waals surface area contributed by atoms with E-state index in [0.29, 0.717) is 12.1 Å². The van der Waals surface area contributed by atoms with E-state index in [1.165, 1.54) is 11.3 Å². The molecule has 0 aliphatic carbocycles. The lowest BCUT2D eigenvalue weighted by Crippen LogP contribution is -2.49. The van der Waals surface area contributed by atoms with Crippen molar-refractivity contribution in [3.8, 4) is 10.7 Å². The van der Waals surface area contributed by atoms with Gasteiger partial charge in [-0.15, -0.1) is 11.3 Å². The average molecular weight is 319 g/mol. The number of thiazole rings is 1. The lowest BCUT2D eigenvalue weighted by molar-refractivity contribution is -0.123. The minimum Gasteiger partial charge on any atom is -0.388 e. The number of hydrogen-bond donors (Lipinski definition) is 2. The highest BCUT2D eigenvalue weighted by atomic mass is 32.1. The molecule has 1 amide bonds. The zero-order valence-corrected chi connectivity index (χ0v) is 13.9. The highest BCUT2D eigenvalue weighted by molar-refractivity contribution is 7.13. The third-order valence-electron chi connectivity index (χ3n) is 3.37. The molecule has 0 radical (unpaired) electrons. The summed E-state index contributed by atoms with van der Waals surface area (Å²) in [6, 6.07) is 5.39. The number of pyridine rings is 1. The van der Waals surface area contributed by atoms with Crippen molar-refractivity contribution < 1.29 is 9.90 Å². The van der Waals surface area contributed by atoms with Crippen LogP contribution < -0.4 is 5.32 Å². The second-order valence-corrected chi connectivity index (χ2v) is 6.58. The third-order valence-corrected chi connectivity index (χ3v) is 4.29. The van der Waals surface area contributed by atoms with Crippen LogP contribution in [0.5, 0.6) is 0 Å². The first-order valence-electron chi connectivity index (χ1n) is 7.27. The van der Waals surface area contributed by atoms with Crippen molar-refractivity contribution in [2.75, 3.05) is 0 Å². The number of nitrogens with zero attached hydrogens (tertiary/aromatic N) is 2. The van der Waals surface area contributed by atoms with Gasteiger partial charge in [0.15, 0.2) is 0 Å². The molecule has 0 bridgehead atoms. The van der Waals surface area contributed by atoms with Crippen molar-refractivity contribution >= 4 is 17.2 Å². The second kappa shape index (κ2) is 6.98. The summed E-state index contributed by atoms with van der Waals surface area (Å²) in [5, 5.41) is 15.5. The van der Waals surface area contributed by atoms with E-state index in [-0.39, 0.29) is 18.4 Å². The summed E-state index contributed by atoms with van der Waals surface area (Å²) in [5.74, 6) is -0.133. The Hall–Kier alpha value is -1.79. The van der Waals surface area contributed by atoms with Gasteiger partial charge in [0.25, 0.3) is 0 Å². The van der Waals surface area contributed by atoms with Gasteiger partial charge in [0.05, 0.1) is 29.5 Å². The monoisotopic (exact) mass is 319 g/mol. The summed E-state index contributed by atoms with van der Waals surface area (Å²) in [6.45, 7) is 5.33. The van der Waals surface area contributed by atoms with Crippen LogP contribution in [0.25, 0.3) is 10.7 Å². The maximum absolute atomic E-state index is 12.1. The van der Waals surface area contributed by atoms with Crippen molar-refractivity contribution in [2.45, 2.75) is 45.3 Å². The SMILES string of the molecule is CC[C@@H](NC(=O)Cc1csc(-c2ccccn2)n1)C(C)(C)O. The molecule has 0 aliphatic heterocycles. The molecule has 5 nitrogen and oxygen atoms in total. The van der Waals surface area contributed by atoms with Crippen LogP contribution >= 0.6 is 11.3 Å². The fraction of sp³-hybridized carbons (Fsp3) is 0.438. The summed E-state index contributed by atoms with van der Waals surface area (Å²) in [4.78, 5) is 20.8. The summed E-state index contributed by atoms with van der Waals surface area (Å²) >= 11 is 1.47. The van der Waals surface area contributed by atoms with E-state index >= 15 is 0 Å². The number of nitrogens with one attached hydrogen (secondary N) is 1. The van der Waals surface area contributed by atoms with Crippen LogP contribution in [0.1, 0.15) is 32.9 Å². The van der Waals surface area contributed by atoms with Gasteiger partial charge in [0, 0.05) is 11.6 Å². The summed E-state index contributed by atoms with van der Waals surface area (Å²) in [7, 11) is 0. The molecule has 0 fully saturated rings. The van der Waals surface area contributed by atoms with Crippen LogP contribution in [0.4, 0.5) is 0 Å². The smallest absolute Gasteiger partial charge is 0.226 e. The molecule has 0 aliphatic rings. The lowest BCUT2D eigenvalue weighted by atomic mass is 9.96. The Bertz CT molecular complexity index is 620. The number of rotatable bonds is 6. The molecule has 2 rings (SSSR count). The highest BCUT2D eigenvalue weighted by Crippen LogP contribution is 2.21. The maximum Gasteiger partial charge on any atom is 0.226 e. The first kappa shape index (κ1) is 16.6. The number of aliphatic hydroxyl groups is 1. The lowest BCUT2D eigenvalue weighted by Gasteiger charge is -2.29. The minimum atomic E-state index is -0.939. The summed E-state index contributed by atoms with van der Waals surface area (Å²) in [5.41, 5.74) is 0.585. The van der Waals surface area contributed by atoms with Crippen molar-refractivity contribution in [2.24, 2.45) is 0 Å². The Balaban J connectivity index is 2.00. The molecule has 2 aromatic rings. The zero-order chi connectivity index (χ0) is 16.2. The molecule has 1 atom stereocenters. The van der Waals surface area contributed by atoms with E-state index < -0.39 is 5.60 Å². The van der Waals surface area contributed by atoms with E-state index in [9.17, 15) is 9.90 Å². The Morgan fingerprint density at radius 3 is 2.82 bits per heavy atom. The zero-order valence-electron chi connectivity index (χ0n) is 13.0. The standard InChI is InChI=1S/C16H21N3O2S/c1-4-13(16(2,3)21)19-14(20)9-11-10-22-15(18-11)12-7-5-6-8-17-12/h5-8,10,13,21H,4,9H2,1-3H3,(H,19,20)/t13-/m1/s1. The highest BCUT2D eigenvalue weighted by Gasteiger charge is 2.26. The summed E-state index contributed by atoms with van der Waals surface area (Å²) < 4.78 is 0. The van der Waals surface area contributed by atoms with Gasteiger partial charge in [-0.25, -0.2) is 4.98 Å². The van der Waals surface area contributed by atoms with Crippen molar-refractivity contribution in [3.63, 3.8) is 0 Å². The molecule has 6 heteroatoms. The van der Waals surface area contributed by atoms with Crippen LogP contribution in [0.2, 0.25) is 0 Å². The molecule has 22 heavy (non-hydrogen) atoms. The normalized spacial score (nSPS) is 12.9. The van der Waals surface area contributed by atoms with Gasteiger partial charge in [-0.05, 0) is 32.4 Å². The molecule has 118 valence electrons. The topological polar surface area (TPSA) is 75.1 Å². The molecular weight excluding hydrogens is 298 g/mol. The number of carbonyl (C=O) groups is 1. The van der Waals surface area contributed by atoms with Gasteiger partial charge in [-0.2, -0.15) is 0 Å². The van der Waals surface area contributed by atoms with E-state index in [1.54, 1.807) is 20.0 Å². The number of amides is 1. The third kappa shape index (κ3) is 4.35. The van der Waals surface area contributed by atoms with Gasteiger partial charge >= 0.3 is 0 Å². The largest absolute Gasteiger partial charge is 0.388 e. The molecule has 0 aromatic carbocycles. The molecule has 0 unspecified atom stereocenters. The predicted octanol–water partition coefficient (Wildman–Crippen LogP) is 2.41. The van der Waals surface area contributed by atoms with Gasteiger partial charge in [0.2, 0.25) is 5.91 Å². The number of aromatic nitrogens is 2. The van der Waals surface area contributed by atoms with Crippen LogP contribution in [0.3, 0.4) is 0 Å². The number of carbonyl (C=O) groups excluding carboxylic acids is 1. The van der Waals surface area contributed by atoms with Gasteiger partial charge in [-0.1, -0.05) is 13.0 Å². The average Bonchev–Trinajstić information content (AvgIpc) is 2.93. The van der Waals surface area contributed by atoms with Crippen LogP contribution in [-0.4, -0.2) is 32.6 Å². The first-order valence-corrected chi connectivity index (χ1v) is 8.15. The first-order chi connectivity index (χ1) is 10.4. The van der Waals surface area contributed by atoms with Crippen LogP contribution in [0.15, 0.2) is 29.8 Å². The molecular formula is C16H21N3O2S. The van der Waals surface area contributed by atoms with E-state index in [4.69, 9.17) is 0 Å². The van der Waals surface area contributed by atoms with E-state index in [1.807, 2.05) is 30.5 Å². The van der Waals surface area contributed by atoms with E-state index in [0.717, 1.165) is 10.7 Å². The Morgan fingerprint density at radius 2 is 2.23 bits per heavy atom. The second-order valence-electron chi connectivity index (χ2n) is 5.72. The molecule has 0 spiro atoms. The number of hydrogen-bond acceptors (Lipinski definition) is 5. The Morgan fingerprint density at radius 1 is 1.45 bits per heavy atom. The molecule has 0 saturated heterocycles. The maximum atomic E-state index is 12.1. The van der Waals surface area contributed by atoms with Crippen molar-refractivity contribution in [1.29, 1.82) is 0 Å². The summed E-state index contributed by atoms with van der Waals surface area (Å²) in [6.07, 6.45) is 2.60. The van der Waals surface area contributed by atoms with Crippen LogP contribution in [-0.2, 0) is 11.2 Å². The predicted molar refractivity (Wildman–Crippen MR) is 87.6 cm³/mol. The van der Waals surface area contributed by atoms with E-state index in [2.05, 4.69) is 15.3 Å². The van der Waals surface area contributed by atoms with Gasteiger partial charge in [-0.3, -0.25) is 9.78 Å². The minimum absolute atomic E-state index is 0.133. The Labute approximate surface area is 134 Å². The molecule has 2 aromatic heterocycles. The quantitative estimate of drug-likeness (QED) is 0.857. The molecule has 0 saturated carbocycles. The van der Waals surface area contributed by atoms with Crippen LogP contribution in [0, 0.1) is 0 Å². The van der Waals surface area contributed by atoms with Crippen molar-refractivity contribution in [3.05, 3.63) is 35.5 Å². The molecule has 2 heterocycles. The van der Waals surface area contributed by atoms with Gasteiger partial charge in [0.1, 0.15) is 5.01 Å². The van der Waals surface area contributed by atoms with Crippen molar-refractivity contribution in [1.82, 2.24) is 15.3 Å². The fourth-order valence-electron chi connectivity index (χ4n) is 2.18. The van der Waals surface area contributed by atoms with Gasteiger partial charge < -0.3 is 10.4 Å².